The molecule has 0 saturated heterocycles. The van der Waals surface area contributed by atoms with Crippen LogP contribution in [0.2, 0.25) is 0 Å². The minimum absolute atomic E-state index is 0.0886. The van der Waals surface area contributed by atoms with Crippen LogP contribution in [0.5, 0.6) is 0 Å². The number of halogens is 1. The molecule has 92 valence electrons. The van der Waals surface area contributed by atoms with Crippen LogP contribution in [0.1, 0.15) is 11.8 Å². The lowest BCUT2D eigenvalue weighted by atomic mass is 10.3. The van der Waals surface area contributed by atoms with E-state index in [0.717, 1.165) is 22.2 Å². The van der Waals surface area contributed by atoms with Gasteiger partial charge < -0.3 is 9.36 Å². The van der Waals surface area contributed by atoms with Gasteiger partial charge in [0, 0.05) is 16.5 Å². The van der Waals surface area contributed by atoms with E-state index in [1.807, 2.05) is 13.0 Å². The molecule has 3 aromatic rings. The quantitative estimate of drug-likeness (QED) is 0.694. The van der Waals surface area contributed by atoms with Crippen LogP contribution in [0.4, 0.5) is 4.39 Å². The molecule has 0 aliphatic heterocycles. The summed E-state index contributed by atoms with van der Waals surface area (Å²) in [4.78, 5) is 16.1. The highest BCUT2D eigenvalue weighted by Gasteiger charge is 2.10. The third-order valence-corrected chi connectivity index (χ3v) is 3.96. The number of aryl methyl sites for hydroxylation is 1. The van der Waals surface area contributed by atoms with E-state index in [1.54, 1.807) is 6.07 Å². The van der Waals surface area contributed by atoms with Crippen molar-refractivity contribution in [1.82, 2.24) is 9.36 Å². The number of rotatable bonds is 1. The topological polar surface area (TPSA) is 48.6 Å². The minimum atomic E-state index is -0.396. The summed E-state index contributed by atoms with van der Waals surface area (Å²) in [6, 6.07) is 4.88. The number of hydrogen-bond acceptors (Lipinski definition) is 2. The number of nitrogens with one attached hydrogen (secondary N) is 2. The van der Waals surface area contributed by atoms with E-state index in [9.17, 15) is 9.18 Å². The van der Waals surface area contributed by atoms with Crippen LogP contribution < -0.4 is 5.43 Å². The molecular weight excluding hydrogens is 251 g/mol. The van der Waals surface area contributed by atoms with E-state index in [-0.39, 0.29) is 5.43 Å². The third kappa shape index (κ3) is 1.59. The molecule has 0 atom stereocenters. The second kappa shape index (κ2) is 4.10. The first-order chi connectivity index (χ1) is 8.70. The number of aromatic nitrogens is 2. The van der Waals surface area contributed by atoms with Gasteiger partial charge in [-0.3, -0.25) is 4.79 Å². The molecular formula is C13H11FN2OS. The van der Waals surface area contributed by atoms with Gasteiger partial charge in [0.2, 0.25) is 5.43 Å². The Bertz CT molecular complexity index is 813. The van der Waals surface area contributed by atoms with Crippen molar-refractivity contribution < 1.29 is 4.39 Å². The minimum Gasteiger partial charge on any atom is -0.355 e. The average molecular weight is 262 g/mol. The van der Waals surface area contributed by atoms with E-state index < -0.39 is 5.82 Å². The van der Waals surface area contributed by atoms with Crippen molar-refractivity contribution in [3.8, 4) is 0 Å². The van der Waals surface area contributed by atoms with Gasteiger partial charge in [-0.15, -0.1) is 0 Å². The van der Waals surface area contributed by atoms with Crippen LogP contribution in [0.25, 0.3) is 21.8 Å². The van der Waals surface area contributed by atoms with Crippen molar-refractivity contribution in [2.45, 2.75) is 13.3 Å². The fraction of sp³-hybridized carbons (Fsp3) is 0.154. The molecule has 0 spiro atoms. The Kier molecular flexibility index (Phi) is 2.56. The summed E-state index contributed by atoms with van der Waals surface area (Å²) in [5.41, 5.74) is 1.11. The highest BCUT2D eigenvalue weighted by atomic mass is 32.1. The Morgan fingerprint density at radius 3 is 2.89 bits per heavy atom. The molecule has 2 aromatic heterocycles. The average Bonchev–Trinajstić information content (AvgIpc) is 2.53. The Labute approximate surface area is 106 Å². The summed E-state index contributed by atoms with van der Waals surface area (Å²) in [5, 5.41) is 1.38. The van der Waals surface area contributed by atoms with Crippen molar-refractivity contribution >= 4 is 33.3 Å². The van der Waals surface area contributed by atoms with E-state index >= 15 is 0 Å². The van der Waals surface area contributed by atoms with Gasteiger partial charge in [0.1, 0.15) is 5.82 Å². The fourth-order valence-electron chi connectivity index (χ4n) is 2.03. The van der Waals surface area contributed by atoms with Crippen LogP contribution in [-0.2, 0) is 6.42 Å². The van der Waals surface area contributed by atoms with Gasteiger partial charge in [0.05, 0.1) is 16.4 Å². The SMILES string of the molecule is CCc1cc2c(=O)c3[nH]cc(F)ccc3c2[nH]s1. The Balaban J connectivity index is 2.53. The Morgan fingerprint density at radius 1 is 1.28 bits per heavy atom. The van der Waals surface area contributed by atoms with Crippen LogP contribution in [-0.4, -0.2) is 9.36 Å². The maximum Gasteiger partial charge on any atom is 0.212 e. The summed E-state index contributed by atoms with van der Waals surface area (Å²) < 4.78 is 16.3. The van der Waals surface area contributed by atoms with Crippen molar-refractivity contribution in [3.63, 3.8) is 0 Å². The van der Waals surface area contributed by atoms with Gasteiger partial charge in [0.25, 0.3) is 0 Å². The molecule has 0 aliphatic rings. The van der Waals surface area contributed by atoms with Gasteiger partial charge >= 0.3 is 0 Å². The summed E-state index contributed by atoms with van der Waals surface area (Å²) in [5.74, 6) is -0.396. The molecule has 0 aliphatic carbocycles. The number of hydrogen-bond donors (Lipinski definition) is 2. The fourth-order valence-corrected chi connectivity index (χ4v) is 2.81. The summed E-state index contributed by atoms with van der Waals surface area (Å²) in [7, 11) is 0. The second-order valence-electron chi connectivity index (χ2n) is 4.08. The molecule has 0 unspecified atom stereocenters. The molecule has 18 heavy (non-hydrogen) atoms. The Morgan fingerprint density at radius 2 is 2.11 bits per heavy atom. The zero-order valence-corrected chi connectivity index (χ0v) is 10.5. The van der Waals surface area contributed by atoms with E-state index in [1.165, 1.54) is 23.8 Å². The van der Waals surface area contributed by atoms with Crippen molar-refractivity contribution in [1.29, 1.82) is 0 Å². The standard InChI is InChI=1S/C13H11FN2OS/c1-2-8-5-10-11(16-18-8)9-4-3-7(14)6-15-12(9)13(10)17/h3-6,15-16H,2H2,1H3. The molecule has 2 N–H and O–H groups in total. The predicted octanol–water partition coefficient (Wildman–Crippen LogP) is 3.33. The van der Waals surface area contributed by atoms with Gasteiger partial charge in [-0.1, -0.05) is 18.5 Å². The van der Waals surface area contributed by atoms with Crippen LogP contribution in [0.15, 0.2) is 29.2 Å². The largest absolute Gasteiger partial charge is 0.355 e. The van der Waals surface area contributed by atoms with Crippen molar-refractivity contribution in [2.75, 3.05) is 0 Å². The molecule has 2 heterocycles. The van der Waals surface area contributed by atoms with Gasteiger partial charge in [-0.05, 0) is 24.6 Å². The van der Waals surface area contributed by atoms with Crippen molar-refractivity contribution in [3.05, 3.63) is 45.3 Å². The van der Waals surface area contributed by atoms with Crippen molar-refractivity contribution in [2.24, 2.45) is 0 Å². The summed E-state index contributed by atoms with van der Waals surface area (Å²) >= 11 is 1.50. The zero-order chi connectivity index (χ0) is 12.7. The molecule has 5 heteroatoms. The monoisotopic (exact) mass is 262 g/mol. The molecule has 3 nitrogen and oxygen atoms in total. The number of H-pyrrole nitrogens is 2. The van der Waals surface area contributed by atoms with Gasteiger partial charge in [-0.2, -0.15) is 0 Å². The zero-order valence-electron chi connectivity index (χ0n) is 9.71. The van der Waals surface area contributed by atoms with E-state index in [4.69, 9.17) is 0 Å². The summed E-state index contributed by atoms with van der Waals surface area (Å²) in [6.45, 7) is 2.04. The molecule has 0 fully saturated rings. The molecule has 1 aromatic carbocycles. The second-order valence-corrected chi connectivity index (χ2v) is 5.01. The predicted molar refractivity (Wildman–Crippen MR) is 72.5 cm³/mol. The number of aromatic amines is 2. The van der Waals surface area contributed by atoms with Gasteiger partial charge in [0.15, 0.2) is 0 Å². The molecule has 0 saturated carbocycles. The smallest absolute Gasteiger partial charge is 0.212 e. The molecule has 3 rings (SSSR count). The molecule has 0 radical (unpaired) electrons. The van der Waals surface area contributed by atoms with Crippen LogP contribution in [0, 0.1) is 5.82 Å². The lowest BCUT2D eigenvalue weighted by Crippen LogP contribution is -1.95. The molecule has 0 amide bonds. The van der Waals surface area contributed by atoms with Gasteiger partial charge in [-0.25, -0.2) is 4.39 Å². The van der Waals surface area contributed by atoms with E-state index in [0.29, 0.717) is 10.9 Å². The first-order valence-corrected chi connectivity index (χ1v) is 6.49. The normalized spacial score (nSPS) is 11.2. The van der Waals surface area contributed by atoms with Crippen LogP contribution >= 0.6 is 11.5 Å². The van der Waals surface area contributed by atoms with E-state index in [2.05, 4.69) is 9.36 Å². The molecule has 0 bridgehead atoms. The lowest BCUT2D eigenvalue weighted by molar-refractivity contribution is 0.625. The Hall–Kier alpha value is -1.88. The lowest BCUT2D eigenvalue weighted by Gasteiger charge is -1.95. The maximum atomic E-state index is 13.1. The first-order valence-electron chi connectivity index (χ1n) is 5.68. The number of fused-ring (bicyclic) bond motifs is 3. The maximum absolute atomic E-state index is 13.1. The first kappa shape index (κ1) is 11.2. The summed E-state index contributed by atoms with van der Waals surface area (Å²) in [6.07, 6.45) is 2.08. The highest BCUT2D eigenvalue weighted by molar-refractivity contribution is 7.06. The highest BCUT2D eigenvalue weighted by Crippen LogP contribution is 2.23. The third-order valence-electron chi connectivity index (χ3n) is 2.98. The van der Waals surface area contributed by atoms with Crippen LogP contribution in [0.3, 0.4) is 0 Å².